The van der Waals surface area contributed by atoms with Crippen LogP contribution in [-0.4, -0.2) is 24.3 Å². The number of hydrogen-bond acceptors (Lipinski definition) is 6. The third-order valence-corrected chi connectivity index (χ3v) is 4.96. The van der Waals surface area contributed by atoms with Gasteiger partial charge in [-0.1, -0.05) is 41.4 Å². The van der Waals surface area contributed by atoms with Crippen molar-refractivity contribution < 1.29 is 4.42 Å². The van der Waals surface area contributed by atoms with Crippen molar-refractivity contribution in [3.63, 3.8) is 0 Å². The van der Waals surface area contributed by atoms with E-state index in [0.717, 1.165) is 5.56 Å². The van der Waals surface area contributed by atoms with Gasteiger partial charge in [0.25, 0.3) is 5.56 Å². The lowest BCUT2D eigenvalue weighted by molar-refractivity contribution is 0.434. The zero-order valence-electron chi connectivity index (χ0n) is 15.9. The summed E-state index contributed by atoms with van der Waals surface area (Å²) in [5.41, 5.74) is 2.99. The van der Waals surface area contributed by atoms with Gasteiger partial charge in [0.1, 0.15) is 12.1 Å². The molecule has 0 aliphatic rings. The number of aryl methyl sites for hydroxylation is 4. The van der Waals surface area contributed by atoms with E-state index in [1.54, 1.807) is 6.92 Å². The van der Waals surface area contributed by atoms with Crippen molar-refractivity contribution in [1.29, 1.82) is 0 Å². The second-order valence-electron chi connectivity index (χ2n) is 6.85. The molecule has 0 atom stereocenters. The Hall–Kier alpha value is -3.26. The van der Waals surface area contributed by atoms with Gasteiger partial charge in [-0.15, -0.1) is 5.10 Å². The smallest absolute Gasteiger partial charge is 0.390 e. The van der Waals surface area contributed by atoms with Gasteiger partial charge in [-0.3, -0.25) is 9.36 Å². The largest absolute Gasteiger partial charge is 0.437 e. The number of pyridine rings is 1. The van der Waals surface area contributed by atoms with Crippen LogP contribution in [0.15, 0.2) is 50.8 Å². The van der Waals surface area contributed by atoms with Crippen LogP contribution in [0.4, 0.5) is 0 Å². The number of benzene rings is 1. The molecule has 4 aromatic rings. The number of hydrogen-bond donors (Lipinski definition) is 0. The molecule has 0 radical (unpaired) electrons. The van der Waals surface area contributed by atoms with Gasteiger partial charge in [0.05, 0.1) is 18.3 Å². The molecule has 0 saturated carbocycles. The molecule has 0 fully saturated rings. The average Bonchev–Trinajstić information content (AvgIpc) is 3.05. The second-order valence-corrected chi connectivity index (χ2v) is 7.21. The molecule has 0 bridgehead atoms. The monoisotopic (exact) mass is 411 g/mol. The fourth-order valence-electron chi connectivity index (χ4n) is 3.08. The lowest BCUT2D eigenvalue weighted by atomic mass is 10.1. The SMILES string of the molecule is Cc1ccc(CCn2nc(Cn3cnc4c(Cl)ncc(C)c4c3=O)oc2=O)cc1. The summed E-state index contributed by atoms with van der Waals surface area (Å²) in [6.45, 7) is 4.16. The highest BCUT2D eigenvalue weighted by atomic mass is 35.5. The van der Waals surface area contributed by atoms with Crippen molar-refractivity contribution in [2.24, 2.45) is 0 Å². The molecule has 0 aliphatic heterocycles. The average molecular weight is 412 g/mol. The highest BCUT2D eigenvalue weighted by Crippen LogP contribution is 2.18. The third kappa shape index (κ3) is 3.84. The van der Waals surface area contributed by atoms with E-state index >= 15 is 0 Å². The Bertz CT molecular complexity index is 1300. The predicted octanol–water partition coefficient (Wildman–Crippen LogP) is 2.50. The molecule has 0 N–H and O–H groups in total. The van der Waals surface area contributed by atoms with E-state index in [-0.39, 0.29) is 23.1 Å². The topological polar surface area (TPSA) is 95.8 Å². The number of nitrogens with zero attached hydrogens (tertiary/aromatic N) is 5. The Morgan fingerprint density at radius 2 is 1.86 bits per heavy atom. The molecule has 0 unspecified atom stereocenters. The van der Waals surface area contributed by atoms with Gasteiger partial charge in [-0.05, 0) is 31.4 Å². The minimum absolute atomic E-state index is 0.00602. The summed E-state index contributed by atoms with van der Waals surface area (Å²) in [6, 6.07) is 8.08. The van der Waals surface area contributed by atoms with Gasteiger partial charge in [0.2, 0.25) is 5.89 Å². The van der Waals surface area contributed by atoms with Crippen LogP contribution in [0.3, 0.4) is 0 Å². The molecule has 0 amide bonds. The number of fused-ring (bicyclic) bond motifs is 1. The minimum atomic E-state index is -0.558. The molecule has 0 saturated heterocycles. The van der Waals surface area contributed by atoms with E-state index in [2.05, 4.69) is 15.1 Å². The van der Waals surface area contributed by atoms with E-state index in [1.165, 1.54) is 27.3 Å². The molecule has 9 heteroatoms. The zero-order valence-corrected chi connectivity index (χ0v) is 16.7. The molecule has 148 valence electrons. The molecule has 29 heavy (non-hydrogen) atoms. The molecule has 0 aliphatic carbocycles. The first-order chi connectivity index (χ1) is 13.9. The Balaban J connectivity index is 1.58. The first-order valence-electron chi connectivity index (χ1n) is 9.05. The summed E-state index contributed by atoms with van der Waals surface area (Å²) in [4.78, 5) is 33.2. The standard InChI is InChI=1S/C20H18ClN5O3/c1-12-3-5-14(6-4-12)7-8-26-20(28)29-15(24-26)10-25-11-23-17-16(19(25)27)13(2)9-22-18(17)21/h3-6,9,11H,7-8,10H2,1-2H3. The van der Waals surface area contributed by atoms with E-state index in [9.17, 15) is 9.59 Å². The van der Waals surface area contributed by atoms with E-state index in [0.29, 0.717) is 29.4 Å². The normalized spacial score (nSPS) is 11.3. The first-order valence-corrected chi connectivity index (χ1v) is 9.43. The zero-order chi connectivity index (χ0) is 20.5. The lowest BCUT2D eigenvalue weighted by Crippen LogP contribution is -2.22. The Kier molecular flexibility index (Phi) is 5.02. The molecule has 3 aromatic heterocycles. The van der Waals surface area contributed by atoms with Gasteiger partial charge < -0.3 is 4.42 Å². The van der Waals surface area contributed by atoms with Crippen LogP contribution in [0.2, 0.25) is 5.15 Å². The van der Waals surface area contributed by atoms with Crippen LogP contribution in [0, 0.1) is 13.8 Å². The van der Waals surface area contributed by atoms with Gasteiger partial charge >= 0.3 is 5.76 Å². The summed E-state index contributed by atoms with van der Waals surface area (Å²) in [6.07, 6.45) is 3.52. The van der Waals surface area contributed by atoms with Crippen molar-refractivity contribution >= 4 is 22.5 Å². The molecule has 0 spiro atoms. The van der Waals surface area contributed by atoms with E-state index in [4.69, 9.17) is 16.0 Å². The molecule has 4 rings (SSSR count). The van der Waals surface area contributed by atoms with E-state index < -0.39 is 5.76 Å². The van der Waals surface area contributed by atoms with Gasteiger partial charge in [0, 0.05) is 6.20 Å². The summed E-state index contributed by atoms with van der Waals surface area (Å²) in [5, 5.41) is 4.76. The lowest BCUT2D eigenvalue weighted by Gasteiger charge is -2.06. The van der Waals surface area contributed by atoms with Crippen molar-refractivity contribution in [3.8, 4) is 0 Å². The summed E-state index contributed by atoms with van der Waals surface area (Å²) >= 11 is 6.03. The van der Waals surface area contributed by atoms with Crippen molar-refractivity contribution in [3.05, 3.63) is 85.4 Å². The van der Waals surface area contributed by atoms with Crippen LogP contribution in [0.25, 0.3) is 10.9 Å². The van der Waals surface area contributed by atoms with Crippen LogP contribution >= 0.6 is 11.6 Å². The number of rotatable bonds is 5. The Morgan fingerprint density at radius 3 is 2.62 bits per heavy atom. The quantitative estimate of drug-likeness (QED) is 0.468. The molecule has 3 heterocycles. The van der Waals surface area contributed by atoms with Gasteiger partial charge in [-0.2, -0.15) is 4.68 Å². The van der Waals surface area contributed by atoms with Crippen molar-refractivity contribution in [1.82, 2.24) is 24.3 Å². The Labute approximate surface area is 170 Å². The molecular formula is C20H18ClN5O3. The Morgan fingerprint density at radius 1 is 1.10 bits per heavy atom. The maximum atomic E-state index is 12.8. The van der Waals surface area contributed by atoms with E-state index in [1.807, 2.05) is 31.2 Å². The van der Waals surface area contributed by atoms with Crippen LogP contribution in [-0.2, 0) is 19.5 Å². The number of aromatic nitrogens is 5. The fourth-order valence-corrected chi connectivity index (χ4v) is 3.28. The minimum Gasteiger partial charge on any atom is -0.390 e. The van der Waals surface area contributed by atoms with Crippen molar-refractivity contribution in [2.75, 3.05) is 0 Å². The highest BCUT2D eigenvalue weighted by molar-refractivity contribution is 6.33. The van der Waals surface area contributed by atoms with Gasteiger partial charge in [0.15, 0.2) is 5.15 Å². The summed E-state index contributed by atoms with van der Waals surface area (Å²) < 4.78 is 7.82. The van der Waals surface area contributed by atoms with Gasteiger partial charge in [-0.25, -0.2) is 14.8 Å². The molecule has 8 nitrogen and oxygen atoms in total. The fraction of sp³-hybridized carbons (Fsp3) is 0.250. The van der Waals surface area contributed by atoms with Crippen LogP contribution in [0.5, 0.6) is 0 Å². The van der Waals surface area contributed by atoms with Crippen LogP contribution in [0.1, 0.15) is 22.6 Å². The highest BCUT2D eigenvalue weighted by Gasteiger charge is 2.14. The predicted molar refractivity (Wildman–Crippen MR) is 108 cm³/mol. The molecular weight excluding hydrogens is 394 g/mol. The third-order valence-electron chi connectivity index (χ3n) is 4.69. The summed E-state index contributed by atoms with van der Waals surface area (Å²) in [5.74, 6) is -0.419. The van der Waals surface area contributed by atoms with Crippen LogP contribution < -0.4 is 11.3 Å². The maximum absolute atomic E-state index is 12.8. The summed E-state index contributed by atoms with van der Waals surface area (Å²) in [7, 11) is 0. The second kappa shape index (κ2) is 7.63. The molecule has 1 aromatic carbocycles. The number of halogens is 1. The first kappa shape index (κ1) is 19.1. The van der Waals surface area contributed by atoms with Crippen molar-refractivity contribution in [2.45, 2.75) is 33.4 Å². The maximum Gasteiger partial charge on any atom is 0.437 e.